The van der Waals surface area contributed by atoms with E-state index in [1.165, 1.54) is 16.0 Å². The van der Waals surface area contributed by atoms with Crippen LogP contribution in [0.5, 0.6) is 5.75 Å². The van der Waals surface area contributed by atoms with E-state index < -0.39 is 0 Å². The number of rotatable bonds is 8. The fourth-order valence-corrected chi connectivity index (χ4v) is 3.71. The van der Waals surface area contributed by atoms with Gasteiger partial charge in [-0.25, -0.2) is 4.98 Å². The van der Waals surface area contributed by atoms with Gasteiger partial charge < -0.3 is 15.0 Å². The summed E-state index contributed by atoms with van der Waals surface area (Å²) in [5, 5.41) is 5.49. The molecule has 0 atom stereocenters. The average Bonchev–Trinajstić information content (AvgIpc) is 3.12. The minimum atomic E-state index is 0.866. The lowest BCUT2D eigenvalue weighted by molar-refractivity contribution is -0.872. The zero-order valence-corrected chi connectivity index (χ0v) is 16.5. The maximum Gasteiger partial charge on any atom is 0.124 e. The van der Waals surface area contributed by atoms with E-state index in [4.69, 9.17) is 9.72 Å². The lowest BCUT2D eigenvalue weighted by Gasteiger charge is -2.07. The van der Waals surface area contributed by atoms with Crippen molar-refractivity contribution >= 4 is 11.3 Å². The molecule has 3 aromatic rings. The van der Waals surface area contributed by atoms with Crippen molar-refractivity contribution in [2.24, 2.45) is 0 Å². The van der Waals surface area contributed by atoms with Crippen LogP contribution < -0.4 is 15.0 Å². The third-order valence-corrected chi connectivity index (χ3v) is 5.12. The molecule has 0 saturated heterocycles. The van der Waals surface area contributed by atoms with E-state index in [1.807, 2.05) is 18.2 Å². The number of hydrogen-bond acceptors (Lipinski definition) is 3. The van der Waals surface area contributed by atoms with Gasteiger partial charge in [0, 0.05) is 22.1 Å². The molecule has 5 heteroatoms. The van der Waals surface area contributed by atoms with E-state index in [0.717, 1.165) is 41.6 Å². The smallest absolute Gasteiger partial charge is 0.124 e. The second kappa shape index (κ2) is 8.94. The van der Waals surface area contributed by atoms with Gasteiger partial charge in [0.1, 0.15) is 36.1 Å². The molecule has 3 N–H and O–H groups in total. The van der Waals surface area contributed by atoms with Crippen molar-refractivity contribution in [3.63, 3.8) is 0 Å². The van der Waals surface area contributed by atoms with Crippen LogP contribution in [-0.4, -0.2) is 26.2 Å². The predicted molar refractivity (Wildman–Crippen MR) is 106 cm³/mol. The van der Waals surface area contributed by atoms with E-state index in [9.17, 15) is 0 Å². The van der Waals surface area contributed by atoms with Gasteiger partial charge in [-0.1, -0.05) is 36.4 Å². The Hall–Kier alpha value is -2.21. The molecule has 1 aromatic heterocycles. The van der Waals surface area contributed by atoms with Gasteiger partial charge in [-0.05, 0) is 12.1 Å². The molecule has 3 rings (SSSR count). The molecule has 1 heterocycles. The summed E-state index contributed by atoms with van der Waals surface area (Å²) in [7, 11) is 6.04. The summed E-state index contributed by atoms with van der Waals surface area (Å²) in [6, 6.07) is 17.0. The fraction of sp³-hybridized carbons (Fsp3) is 0.286. The van der Waals surface area contributed by atoms with Crippen molar-refractivity contribution < 1.29 is 15.0 Å². The van der Waals surface area contributed by atoms with Gasteiger partial charge in [-0.3, -0.25) is 0 Å². The van der Waals surface area contributed by atoms with Gasteiger partial charge in [-0.2, -0.15) is 0 Å². The summed E-state index contributed by atoms with van der Waals surface area (Å²) < 4.78 is 5.30. The number of nitrogens with one attached hydrogen (secondary N) is 1. The molecule has 26 heavy (non-hydrogen) atoms. The number of methoxy groups -OCH3 is 1. The molecular formula is C21H27N3OS+2. The average molecular weight is 370 g/mol. The van der Waals surface area contributed by atoms with Crippen LogP contribution in [-0.2, 0) is 19.6 Å². The molecule has 0 aliphatic carbocycles. The van der Waals surface area contributed by atoms with Crippen molar-refractivity contribution in [2.45, 2.75) is 19.6 Å². The minimum absolute atomic E-state index is 0.866. The topological polar surface area (TPSA) is 43.2 Å². The number of thiazole rings is 1. The molecule has 0 bridgehead atoms. The Labute approximate surface area is 159 Å². The second-order valence-corrected chi connectivity index (χ2v) is 7.63. The van der Waals surface area contributed by atoms with Crippen molar-refractivity contribution in [1.29, 1.82) is 0 Å². The highest BCUT2D eigenvalue weighted by molar-refractivity contribution is 7.13. The molecule has 0 fully saturated rings. The normalized spacial score (nSPS) is 11.1. The lowest BCUT2D eigenvalue weighted by Crippen LogP contribution is -3.04. The Kier molecular flexibility index (Phi) is 6.39. The van der Waals surface area contributed by atoms with Crippen LogP contribution in [0.25, 0.3) is 10.6 Å². The van der Waals surface area contributed by atoms with Gasteiger partial charge in [0.25, 0.3) is 0 Å². The Morgan fingerprint density at radius 2 is 1.81 bits per heavy atom. The summed E-state index contributed by atoms with van der Waals surface area (Å²) in [5.41, 5.74) is 4.97. The molecule has 0 spiro atoms. The van der Waals surface area contributed by atoms with E-state index in [0.29, 0.717) is 0 Å². The predicted octanol–water partition coefficient (Wildman–Crippen LogP) is 1.73. The van der Waals surface area contributed by atoms with E-state index >= 15 is 0 Å². The van der Waals surface area contributed by atoms with Gasteiger partial charge in [0.05, 0.1) is 21.2 Å². The highest BCUT2D eigenvalue weighted by atomic mass is 32.1. The number of hydrogen-bond donors (Lipinski definition) is 2. The van der Waals surface area contributed by atoms with Crippen LogP contribution in [0.4, 0.5) is 0 Å². The third kappa shape index (κ3) is 5.14. The highest BCUT2D eigenvalue weighted by Crippen LogP contribution is 2.26. The van der Waals surface area contributed by atoms with Crippen LogP contribution in [0, 0.1) is 0 Å². The van der Waals surface area contributed by atoms with E-state index in [1.54, 1.807) is 18.4 Å². The van der Waals surface area contributed by atoms with Gasteiger partial charge in [0.2, 0.25) is 0 Å². The molecule has 0 radical (unpaired) electrons. The Morgan fingerprint density at radius 3 is 2.54 bits per heavy atom. The largest absolute Gasteiger partial charge is 0.497 e. The van der Waals surface area contributed by atoms with Gasteiger partial charge >= 0.3 is 0 Å². The Bertz CT molecular complexity index is 827. The first-order valence-corrected chi connectivity index (χ1v) is 9.79. The summed E-state index contributed by atoms with van der Waals surface area (Å²) >= 11 is 1.69. The summed E-state index contributed by atoms with van der Waals surface area (Å²) in [5.74, 6) is 0.866. The molecule has 0 aliphatic heterocycles. The van der Waals surface area contributed by atoms with Crippen molar-refractivity contribution in [2.75, 3.05) is 21.2 Å². The standard InChI is InChI=1S/C21H25N3OS/c1-24(2)14-17-9-7-16(8-10-17)12-22-13-19-15-26-21(23-19)18-5-4-6-20(11-18)25-3/h4-11,15,22H,12-14H2,1-3H3/p+2. The van der Waals surface area contributed by atoms with Gasteiger partial charge in [-0.15, -0.1) is 11.3 Å². The van der Waals surface area contributed by atoms with Crippen LogP contribution in [0.2, 0.25) is 0 Å². The summed E-state index contributed by atoms with van der Waals surface area (Å²) in [6.45, 7) is 2.93. The summed E-state index contributed by atoms with van der Waals surface area (Å²) in [4.78, 5) is 6.21. The van der Waals surface area contributed by atoms with Crippen LogP contribution in [0.15, 0.2) is 53.9 Å². The van der Waals surface area contributed by atoms with Crippen molar-refractivity contribution in [3.8, 4) is 16.3 Å². The number of benzene rings is 2. The van der Waals surface area contributed by atoms with Crippen molar-refractivity contribution in [1.82, 2.24) is 4.98 Å². The van der Waals surface area contributed by atoms with Gasteiger partial charge in [0.15, 0.2) is 0 Å². The maximum absolute atomic E-state index is 5.30. The molecule has 4 nitrogen and oxygen atoms in total. The fourth-order valence-electron chi connectivity index (χ4n) is 2.88. The first-order chi connectivity index (χ1) is 12.6. The molecule has 0 unspecified atom stereocenters. The third-order valence-electron chi connectivity index (χ3n) is 4.18. The van der Waals surface area contributed by atoms with E-state index in [-0.39, 0.29) is 0 Å². The maximum atomic E-state index is 5.30. The highest BCUT2D eigenvalue weighted by Gasteiger charge is 2.07. The first-order valence-electron chi connectivity index (χ1n) is 8.91. The zero-order valence-electron chi connectivity index (χ0n) is 15.7. The number of nitrogens with two attached hydrogens (primary N) is 1. The Morgan fingerprint density at radius 1 is 1.04 bits per heavy atom. The minimum Gasteiger partial charge on any atom is -0.497 e. The second-order valence-electron chi connectivity index (χ2n) is 6.77. The van der Waals surface area contributed by atoms with Crippen LogP contribution in [0.3, 0.4) is 0 Å². The number of aromatic nitrogens is 1. The zero-order chi connectivity index (χ0) is 18.4. The van der Waals surface area contributed by atoms with Crippen LogP contribution >= 0.6 is 11.3 Å². The first kappa shape index (κ1) is 18.6. The van der Waals surface area contributed by atoms with E-state index in [2.05, 4.69) is 55.1 Å². The quantitative estimate of drug-likeness (QED) is 0.635. The summed E-state index contributed by atoms with van der Waals surface area (Å²) in [6.07, 6.45) is 0. The molecule has 0 amide bonds. The molecule has 0 aliphatic rings. The molecule has 0 saturated carbocycles. The Balaban J connectivity index is 1.53. The van der Waals surface area contributed by atoms with Crippen LogP contribution in [0.1, 0.15) is 16.8 Å². The number of quaternary nitrogens is 2. The monoisotopic (exact) mass is 369 g/mol. The number of nitrogens with zero attached hydrogens (tertiary/aromatic N) is 1. The molecular weight excluding hydrogens is 342 g/mol. The SMILES string of the molecule is COc1cccc(-c2nc(C[NH2+]Cc3ccc(C[NH+](C)C)cc3)cs2)c1. The lowest BCUT2D eigenvalue weighted by atomic mass is 10.1. The molecule has 2 aromatic carbocycles. The molecule has 136 valence electrons. The number of ether oxygens (including phenoxy) is 1. The van der Waals surface area contributed by atoms with Crippen molar-refractivity contribution in [3.05, 3.63) is 70.7 Å².